The molecule has 3 aromatic rings. The van der Waals surface area contributed by atoms with Crippen molar-refractivity contribution in [2.75, 3.05) is 45.2 Å². The molecule has 13 heteroatoms. The van der Waals surface area contributed by atoms with Crippen molar-refractivity contribution in [1.29, 1.82) is 0 Å². The summed E-state index contributed by atoms with van der Waals surface area (Å²) in [5.41, 5.74) is 1.77. The van der Waals surface area contributed by atoms with Gasteiger partial charge in [0.2, 0.25) is 11.8 Å². The second-order valence-corrected chi connectivity index (χ2v) is 9.85. The van der Waals surface area contributed by atoms with Crippen LogP contribution in [-0.4, -0.2) is 78.9 Å². The zero-order chi connectivity index (χ0) is 29.2. The summed E-state index contributed by atoms with van der Waals surface area (Å²) >= 11 is 6.00. The predicted octanol–water partition coefficient (Wildman–Crippen LogP) is 4.10. The third-order valence-corrected chi connectivity index (χ3v) is 7.13. The molecular formula is C28H32ClFN6O5. The van der Waals surface area contributed by atoms with Gasteiger partial charge in [-0.05, 0) is 18.1 Å². The summed E-state index contributed by atoms with van der Waals surface area (Å²) in [5.74, 6) is -0.535. The van der Waals surface area contributed by atoms with Gasteiger partial charge in [0.15, 0.2) is 0 Å². The first-order valence-electron chi connectivity index (χ1n) is 13.2. The van der Waals surface area contributed by atoms with Crippen LogP contribution in [-0.2, 0) is 16.1 Å². The van der Waals surface area contributed by atoms with Crippen molar-refractivity contribution >= 4 is 35.5 Å². The number of anilines is 1. The lowest BCUT2D eigenvalue weighted by molar-refractivity contribution is -0.132. The first kappa shape index (κ1) is 29.8. The van der Waals surface area contributed by atoms with Gasteiger partial charge < -0.3 is 29.7 Å². The van der Waals surface area contributed by atoms with Gasteiger partial charge in [-0.1, -0.05) is 59.2 Å². The highest BCUT2D eigenvalue weighted by Gasteiger charge is 2.25. The third kappa shape index (κ3) is 8.41. The molecule has 0 saturated carbocycles. The average Bonchev–Trinajstić information content (AvgIpc) is 3.46. The van der Waals surface area contributed by atoms with Gasteiger partial charge in [-0.3, -0.25) is 10.1 Å². The molecule has 4 rings (SSSR count). The predicted molar refractivity (Wildman–Crippen MR) is 151 cm³/mol. The van der Waals surface area contributed by atoms with Crippen molar-refractivity contribution in [2.24, 2.45) is 0 Å². The summed E-state index contributed by atoms with van der Waals surface area (Å²) in [4.78, 5) is 41.4. The maximum absolute atomic E-state index is 13.8. The van der Waals surface area contributed by atoms with Gasteiger partial charge in [-0.25, -0.2) is 14.0 Å². The first-order valence-corrected chi connectivity index (χ1v) is 13.6. The molecular weight excluding hydrogens is 555 g/mol. The SMILES string of the molecule is CN(C(=O)NCc1cccc(F)c1Cl)[C@@H](CCC(=O)N1CCNCC1)COC(=O)Nc1cc(-c2ccccc2)no1. The zero-order valence-electron chi connectivity index (χ0n) is 22.6. The molecule has 3 N–H and O–H groups in total. The number of urea groups is 1. The van der Waals surface area contributed by atoms with Crippen LogP contribution in [0.2, 0.25) is 5.02 Å². The van der Waals surface area contributed by atoms with Crippen LogP contribution in [0.3, 0.4) is 0 Å². The van der Waals surface area contributed by atoms with Crippen LogP contribution in [0.5, 0.6) is 0 Å². The Kier molecular flexibility index (Phi) is 10.5. The van der Waals surface area contributed by atoms with Crippen LogP contribution in [0.15, 0.2) is 59.1 Å². The molecule has 4 amide bonds. The molecule has 1 aromatic heterocycles. The molecule has 0 bridgehead atoms. The number of hydrogen-bond acceptors (Lipinski definition) is 7. The topological polar surface area (TPSA) is 129 Å². The fourth-order valence-corrected chi connectivity index (χ4v) is 4.48. The molecule has 41 heavy (non-hydrogen) atoms. The summed E-state index contributed by atoms with van der Waals surface area (Å²) in [6.45, 7) is 2.45. The number of halogens is 2. The Balaban J connectivity index is 1.35. The Morgan fingerprint density at radius 3 is 2.68 bits per heavy atom. The van der Waals surface area contributed by atoms with Crippen LogP contribution in [0.1, 0.15) is 18.4 Å². The highest BCUT2D eigenvalue weighted by atomic mass is 35.5. The standard InChI is InChI=1S/C28H32ClFN6O5/c1-35(27(38)32-17-20-8-5-9-22(30)26(20)29)21(10-11-25(37)36-14-12-31-13-15-36)18-40-28(39)33-24-16-23(34-41-24)19-6-3-2-4-7-19/h2-9,16,21,31H,10-15,17-18H2,1H3,(H,32,38)(H,33,39)/t21-/m0/s1. The molecule has 1 aliphatic rings. The largest absolute Gasteiger partial charge is 0.447 e. The number of aromatic nitrogens is 1. The van der Waals surface area contributed by atoms with Crippen LogP contribution < -0.4 is 16.0 Å². The number of hydrogen-bond donors (Lipinski definition) is 3. The summed E-state index contributed by atoms with van der Waals surface area (Å²) in [6, 6.07) is 14.1. The molecule has 1 atom stereocenters. The van der Waals surface area contributed by atoms with Crippen LogP contribution in [0, 0.1) is 5.82 Å². The summed E-state index contributed by atoms with van der Waals surface area (Å²) in [5, 5.41) is 12.3. The first-order chi connectivity index (χ1) is 19.8. The minimum atomic E-state index is -0.806. The van der Waals surface area contributed by atoms with Crippen molar-refractivity contribution in [3.8, 4) is 11.3 Å². The summed E-state index contributed by atoms with van der Waals surface area (Å²) in [7, 11) is 1.53. The molecule has 1 fully saturated rings. The van der Waals surface area contributed by atoms with E-state index in [4.69, 9.17) is 20.9 Å². The van der Waals surface area contributed by atoms with E-state index in [2.05, 4.69) is 21.1 Å². The van der Waals surface area contributed by atoms with E-state index < -0.39 is 24.0 Å². The van der Waals surface area contributed by atoms with Crippen molar-refractivity contribution in [3.05, 3.63) is 71.0 Å². The number of piperazine rings is 1. The number of ether oxygens (including phenoxy) is 1. The molecule has 11 nitrogen and oxygen atoms in total. The number of carbonyl (C=O) groups excluding carboxylic acids is 3. The van der Waals surface area contributed by atoms with Gasteiger partial charge in [0.25, 0.3) is 0 Å². The Morgan fingerprint density at radius 2 is 1.93 bits per heavy atom. The Morgan fingerprint density at radius 1 is 1.17 bits per heavy atom. The minimum Gasteiger partial charge on any atom is -0.447 e. The molecule has 2 aromatic carbocycles. The van der Waals surface area contributed by atoms with Gasteiger partial charge in [0.1, 0.15) is 18.1 Å². The summed E-state index contributed by atoms with van der Waals surface area (Å²) in [6.07, 6.45) is -0.397. The normalized spacial score (nSPS) is 13.8. The third-order valence-electron chi connectivity index (χ3n) is 6.70. The molecule has 2 heterocycles. The monoisotopic (exact) mass is 586 g/mol. The van der Waals surface area contributed by atoms with Crippen molar-refractivity contribution in [1.82, 2.24) is 25.6 Å². The molecule has 0 unspecified atom stereocenters. The van der Waals surface area contributed by atoms with Crippen LogP contribution >= 0.6 is 11.6 Å². The maximum Gasteiger partial charge on any atom is 0.414 e. The molecule has 1 saturated heterocycles. The average molecular weight is 587 g/mol. The summed E-state index contributed by atoms with van der Waals surface area (Å²) < 4.78 is 24.4. The quantitative estimate of drug-likeness (QED) is 0.326. The van der Waals surface area contributed by atoms with E-state index in [1.807, 2.05) is 30.3 Å². The van der Waals surface area contributed by atoms with Gasteiger partial charge >= 0.3 is 12.1 Å². The van der Waals surface area contributed by atoms with E-state index in [1.165, 1.54) is 24.1 Å². The van der Waals surface area contributed by atoms with E-state index in [-0.39, 0.29) is 42.8 Å². The van der Waals surface area contributed by atoms with E-state index in [1.54, 1.807) is 17.0 Å². The highest BCUT2D eigenvalue weighted by Crippen LogP contribution is 2.22. The molecule has 0 radical (unpaired) electrons. The van der Waals surface area contributed by atoms with Crippen molar-refractivity contribution < 1.29 is 28.0 Å². The van der Waals surface area contributed by atoms with E-state index in [0.717, 1.165) is 18.7 Å². The second-order valence-electron chi connectivity index (χ2n) is 9.47. The van der Waals surface area contributed by atoms with E-state index in [9.17, 15) is 18.8 Å². The van der Waals surface area contributed by atoms with E-state index >= 15 is 0 Å². The zero-order valence-corrected chi connectivity index (χ0v) is 23.3. The lowest BCUT2D eigenvalue weighted by Crippen LogP contribution is -2.48. The molecule has 0 aliphatic carbocycles. The molecule has 1 aliphatic heterocycles. The minimum absolute atomic E-state index is 0.0111. The Bertz CT molecular complexity index is 1330. The van der Waals surface area contributed by atoms with Crippen LogP contribution in [0.25, 0.3) is 11.3 Å². The van der Waals surface area contributed by atoms with Crippen LogP contribution in [0.4, 0.5) is 19.9 Å². The fraction of sp³-hybridized carbons (Fsp3) is 0.357. The number of amides is 4. The van der Waals surface area contributed by atoms with Crippen molar-refractivity contribution in [2.45, 2.75) is 25.4 Å². The molecule has 0 spiro atoms. The van der Waals surface area contributed by atoms with Gasteiger partial charge in [-0.2, -0.15) is 0 Å². The maximum atomic E-state index is 13.8. The van der Waals surface area contributed by atoms with Gasteiger partial charge in [0, 0.05) is 57.8 Å². The number of carbonyl (C=O) groups is 3. The smallest absolute Gasteiger partial charge is 0.414 e. The Labute approximate surface area is 241 Å². The van der Waals surface area contributed by atoms with E-state index in [0.29, 0.717) is 24.3 Å². The number of likely N-dealkylation sites (N-methyl/N-ethyl adjacent to an activating group) is 1. The second kappa shape index (κ2) is 14.5. The highest BCUT2D eigenvalue weighted by molar-refractivity contribution is 6.31. The lowest BCUT2D eigenvalue weighted by Gasteiger charge is -2.30. The lowest BCUT2D eigenvalue weighted by atomic mass is 10.1. The number of benzene rings is 2. The Hall–Kier alpha value is -4.16. The van der Waals surface area contributed by atoms with Gasteiger partial charge in [0.05, 0.1) is 11.1 Å². The number of nitrogens with zero attached hydrogens (tertiary/aromatic N) is 3. The molecule has 218 valence electrons. The van der Waals surface area contributed by atoms with Crippen molar-refractivity contribution in [3.63, 3.8) is 0 Å². The number of rotatable bonds is 10. The van der Waals surface area contributed by atoms with Gasteiger partial charge in [-0.15, -0.1) is 0 Å². The number of nitrogens with one attached hydrogen (secondary N) is 3. The fourth-order valence-electron chi connectivity index (χ4n) is 4.29.